The second kappa shape index (κ2) is 7.23. The standard InChI is InChI=1S/C11H11F3N2O4.ClH/c1-2-20-10(17)11(13,14)9(15)7-5-6(16(18)19)3-4-8(7)12;/h3-5,9H,2,15H2,1H3;1H/t9-;/m0./s1. The number of non-ortho nitro benzene ring substituents is 1. The van der Waals surface area contributed by atoms with Gasteiger partial charge in [0.1, 0.15) is 11.9 Å². The van der Waals surface area contributed by atoms with Gasteiger partial charge in [0.2, 0.25) is 0 Å². The summed E-state index contributed by atoms with van der Waals surface area (Å²) >= 11 is 0. The molecule has 0 saturated heterocycles. The van der Waals surface area contributed by atoms with Crippen LogP contribution in [0.1, 0.15) is 18.5 Å². The SMILES string of the molecule is CCOC(=O)C(F)(F)[C@@H](N)c1cc([N+](=O)[O-])ccc1F.Cl. The van der Waals surface area contributed by atoms with E-state index in [0.717, 1.165) is 6.07 Å². The largest absolute Gasteiger partial charge is 0.462 e. The van der Waals surface area contributed by atoms with Crippen LogP contribution in [0.4, 0.5) is 18.9 Å². The Kier molecular flexibility index (Phi) is 6.58. The molecular formula is C11H12ClF3N2O4. The van der Waals surface area contributed by atoms with Crippen molar-refractivity contribution in [3.63, 3.8) is 0 Å². The van der Waals surface area contributed by atoms with Gasteiger partial charge in [0.05, 0.1) is 11.5 Å². The molecule has 0 saturated carbocycles. The molecule has 0 aliphatic heterocycles. The van der Waals surface area contributed by atoms with Crippen molar-refractivity contribution in [3.8, 4) is 0 Å². The Morgan fingerprint density at radius 1 is 1.52 bits per heavy atom. The molecule has 6 nitrogen and oxygen atoms in total. The summed E-state index contributed by atoms with van der Waals surface area (Å²) < 4.78 is 44.9. The van der Waals surface area contributed by atoms with Crippen LogP contribution in [-0.4, -0.2) is 23.4 Å². The molecule has 0 aliphatic carbocycles. The van der Waals surface area contributed by atoms with E-state index in [9.17, 15) is 28.1 Å². The monoisotopic (exact) mass is 328 g/mol. The van der Waals surface area contributed by atoms with Gasteiger partial charge in [-0.25, -0.2) is 9.18 Å². The average Bonchev–Trinajstić information content (AvgIpc) is 2.38. The zero-order valence-corrected chi connectivity index (χ0v) is 11.5. The molecule has 10 heteroatoms. The fraction of sp³-hybridized carbons (Fsp3) is 0.364. The molecule has 1 atom stereocenters. The van der Waals surface area contributed by atoms with Crippen LogP contribution in [0.3, 0.4) is 0 Å². The second-order valence-corrected chi connectivity index (χ2v) is 3.78. The van der Waals surface area contributed by atoms with Crippen LogP contribution in [0, 0.1) is 15.9 Å². The van der Waals surface area contributed by atoms with Crippen LogP contribution in [0.25, 0.3) is 0 Å². The number of esters is 1. The number of hydrogen-bond acceptors (Lipinski definition) is 5. The number of halogens is 4. The van der Waals surface area contributed by atoms with Gasteiger partial charge in [-0.15, -0.1) is 12.4 Å². The summed E-state index contributed by atoms with van der Waals surface area (Å²) in [6, 6.07) is -0.392. The van der Waals surface area contributed by atoms with Gasteiger partial charge < -0.3 is 10.5 Å². The minimum atomic E-state index is -4.20. The number of carbonyl (C=O) groups is 1. The number of rotatable bonds is 5. The minimum Gasteiger partial charge on any atom is -0.462 e. The first-order valence-corrected chi connectivity index (χ1v) is 5.46. The second-order valence-electron chi connectivity index (χ2n) is 3.78. The summed E-state index contributed by atoms with van der Waals surface area (Å²) in [5.74, 6) is -7.29. The molecule has 0 heterocycles. The van der Waals surface area contributed by atoms with E-state index in [1.165, 1.54) is 6.92 Å². The van der Waals surface area contributed by atoms with Crippen LogP contribution in [0.5, 0.6) is 0 Å². The Morgan fingerprint density at radius 3 is 2.57 bits per heavy atom. The molecule has 2 N–H and O–H groups in total. The third kappa shape index (κ3) is 4.05. The fourth-order valence-electron chi connectivity index (χ4n) is 1.43. The third-order valence-corrected chi connectivity index (χ3v) is 2.46. The Bertz CT molecular complexity index is 542. The van der Waals surface area contributed by atoms with Crippen LogP contribution >= 0.6 is 12.4 Å². The fourth-order valence-corrected chi connectivity index (χ4v) is 1.43. The molecule has 0 aromatic heterocycles. The highest BCUT2D eigenvalue weighted by Crippen LogP contribution is 2.33. The first kappa shape index (κ1) is 19.1. The molecular weight excluding hydrogens is 317 g/mol. The van der Waals surface area contributed by atoms with E-state index in [1.807, 2.05) is 0 Å². The molecule has 0 spiro atoms. The van der Waals surface area contributed by atoms with Crippen LogP contribution < -0.4 is 5.73 Å². The Hall–Kier alpha value is -1.87. The normalized spacial score (nSPS) is 12.2. The highest BCUT2D eigenvalue weighted by molar-refractivity contribution is 5.85. The molecule has 0 radical (unpaired) electrons. The Balaban J connectivity index is 0.00000400. The minimum absolute atomic E-state index is 0. The van der Waals surface area contributed by atoms with Crippen molar-refractivity contribution < 1.29 is 27.6 Å². The lowest BCUT2D eigenvalue weighted by Gasteiger charge is -2.22. The molecule has 118 valence electrons. The zero-order valence-electron chi connectivity index (χ0n) is 10.7. The maximum Gasteiger partial charge on any atom is 0.379 e. The number of nitrogens with two attached hydrogens (primary N) is 1. The van der Waals surface area contributed by atoms with E-state index in [2.05, 4.69) is 4.74 Å². The number of nitro groups is 1. The summed E-state index contributed by atoms with van der Waals surface area (Å²) in [6.07, 6.45) is 0. The van der Waals surface area contributed by atoms with E-state index in [0.29, 0.717) is 12.1 Å². The molecule has 1 aromatic rings. The van der Waals surface area contributed by atoms with Gasteiger partial charge in [0.25, 0.3) is 5.69 Å². The maximum atomic E-state index is 13.7. The summed E-state index contributed by atoms with van der Waals surface area (Å²) in [4.78, 5) is 20.7. The summed E-state index contributed by atoms with van der Waals surface area (Å²) in [5.41, 5.74) is 3.71. The number of nitro benzene ring substituents is 1. The van der Waals surface area contributed by atoms with Crippen molar-refractivity contribution >= 4 is 24.1 Å². The van der Waals surface area contributed by atoms with Gasteiger partial charge in [0.15, 0.2) is 0 Å². The molecule has 21 heavy (non-hydrogen) atoms. The number of hydrogen-bond donors (Lipinski definition) is 1. The van der Waals surface area contributed by atoms with Crippen LogP contribution in [0.2, 0.25) is 0 Å². The van der Waals surface area contributed by atoms with E-state index >= 15 is 0 Å². The zero-order chi connectivity index (χ0) is 15.5. The molecule has 0 aliphatic rings. The van der Waals surface area contributed by atoms with Crippen molar-refractivity contribution in [2.24, 2.45) is 5.73 Å². The van der Waals surface area contributed by atoms with Gasteiger partial charge in [0, 0.05) is 17.7 Å². The number of carbonyl (C=O) groups excluding carboxylic acids is 1. The van der Waals surface area contributed by atoms with Crippen LogP contribution in [0.15, 0.2) is 18.2 Å². The highest BCUT2D eigenvalue weighted by atomic mass is 35.5. The lowest BCUT2D eigenvalue weighted by atomic mass is 10.00. The Labute approximate surface area is 123 Å². The van der Waals surface area contributed by atoms with E-state index in [-0.39, 0.29) is 19.0 Å². The molecule has 0 unspecified atom stereocenters. The van der Waals surface area contributed by atoms with E-state index < -0.39 is 39.9 Å². The van der Waals surface area contributed by atoms with Crippen LogP contribution in [-0.2, 0) is 9.53 Å². The van der Waals surface area contributed by atoms with E-state index in [1.54, 1.807) is 0 Å². The topological polar surface area (TPSA) is 95.5 Å². The van der Waals surface area contributed by atoms with E-state index in [4.69, 9.17) is 5.73 Å². The van der Waals surface area contributed by atoms with Gasteiger partial charge in [-0.2, -0.15) is 8.78 Å². The van der Waals surface area contributed by atoms with Crippen molar-refractivity contribution in [2.45, 2.75) is 18.9 Å². The van der Waals surface area contributed by atoms with Gasteiger partial charge >= 0.3 is 11.9 Å². The molecule has 1 rings (SSSR count). The Morgan fingerprint density at radius 2 is 2.10 bits per heavy atom. The first-order chi connectivity index (χ1) is 9.21. The third-order valence-electron chi connectivity index (χ3n) is 2.46. The maximum absolute atomic E-state index is 13.7. The number of alkyl halides is 2. The van der Waals surface area contributed by atoms with Crippen molar-refractivity contribution in [1.29, 1.82) is 0 Å². The smallest absolute Gasteiger partial charge is 0.379 e. The quantitative estimate of drug-likeness (QED) is 0.508. The summed E-state index contributed by atoms with van der Waals surface area (Å²) in [5, 5.41) is 10.5. The highest BCUT2D eigenvalue weighted by Gasteiger charge is 2.49. The lowest BCUT2D eigenvalue weighted by Crippen LogP contribution is -2.42. The number of nitrogens with zero attached hydrogens (tertiary/aromatic N) is 1. The molecule has 0 amide bonds. The van der Waals surface area contributed by atoms with Gasteiger partial charge in [-0.05, 0) is 13.0 Å². The molecule has 0 bridgehead atoms. The van der Waals surface area contributed by atoms with Gasteiger partial charge in [-0.3, -0.25) is 10.1 Å². The van der Waals surface area contributed by atoms with Crippen molar-refractivity contribution in [3.05, 3.63) is 39.7 Å². The summed E-state index contributed by atoms with van der Waals surface area (Å²) in [7, 11) is 0. The average molecular weight is 329 g/mol. The molecule has 1 aromatic carbocycles. The van der Waals surface area contributed by atoms with Crippen molar-refractivity contribution in [1.82, 2.24) is 0 Å². The number of ether oxygens (including phenoxy) is 1. The first-order valence-electron chi connectivity index (χ1n) is 5.46. The lowest BCUT2D eigenvalue weighted by molar-refractivity contribution is -0.385. The predicted molar refractivity (Wildman–Crippen MR) is 68.8 cm³/mol. The van der Waals surface area contributed by atoms with Crippen molar-refractivity contribution in [2.75, 3.05) is 6.61 Å². The number of benzene rings is 1. The predicted octanol–water partition coefficient (Wildman–Crippen LogP) is 2.35. The molecule has 0 fully saturated rings. The van der Waals surface area contributed by atoms with Gasteiger partial charge in [-0.1, -0.05) is 0 Å². The summed E-state index contributed by atoms with van der Waals surface area (Å²) in [6.45, 7) is 1.01.